The van der Waals surface area contributed by atoms with Crippen LogP contribution in [0.15, 0.2) is 47.3 Å². The van der Waals surface area contributed by atoms with Gasteiger partial charge >= 0.3 is 0 Å². The maximum atomic E-state index is 12.2. The van der Waals surface area contributed by atoms with Crippen molar-refractivity contribution in [2.45, 2.75) is 32.2 Å². The summed E-state index contributed by atoms with van der Waals surface area (Å²) in [7, 11) is 0. The van der Waals surface area contributed by atoms with Crippen LogP contribution in [-0.4, -0.2) is 15.0 Å². The first-order valence-electron chi connectivity index (χ1n) is 8.42. The number of fused-ring (bicyclic) bond motifs is 1. The Bertz CT molecular complexity index is 980. The molecular weight excluding hydrogens is 372 g/mol. The Morgan fingerprint density at radius 3 is 2.77 bits per heavy atom. The summed E-state index contributed by atoms with van der Waals surface area (Å²) in [6, 6.07) is 12.1. The van der Waals surface area contributed by atoms with E-state index in [1.165, 1.54) is 23.7 Å². The molecule has 7 heteroatoms. The minimum absolute atomic E-state index is 0.00751. The number of aromatic nitrogens is 1. The predicted octanol–water partition coefficient (Wildman–Crippen LogP) is 4.62. The maximum absolute atomic E-state index is 12.2. The van der Waals surface area contributed by atoms with Crippen molar-refractivity contribution in [1.29, 1.82) is 0 Å². The average Bonchev–Trinajstić information content (AvgIpc) is 2.94. The molecule has 0 fully saturated rings. The molecule has 0 saturated heterocycles. The van der Waals surface area contributed by atoms with Crippen LogP contribution in [0.4, 0.5) is 5.69 Å². The molecule has 136 valence electrons. The fourth-order valence-electron chi connectivity index (χ4n) is 2.70. The SMILES string of the molecule is O=C(CCCCCn1sc2ccccc2c1=O)Nc1cc(Cl)ccc1O. The second-order valence-corrected chi connectivity index (χ2v) is 7.51. The Hall–Kier alpha value is -2.31. The van der Waals surface area contributed by atoms with Crippen LogP contribution in [0.3, 0.4) is 0 Å². The number of aromatic hydroxyl groups is 1. The van der Waals surface area contributed by atoms with E-state index in [0.717, 1.165) is 22.9 Å². The highest BCUT2D eigenvalue weighted by molar-refractivity contribution is 7.13. The summed E-state index contributed by atoms with van der Waals surface area (Å²) in [4.78, 5) is 24.2. The second-order valence-electron chi connectivity index (χ2n) is 6.02. The quantitative estimate of drug-likeness (QED) is 0.456. The van der Waals surface area contributed by atoms with Crippen molar-refractivity contribution in [2.24, 2.45) is 0 Å². The Morgan fingerprint density at radius 1 is 1.15 bits per heavy atom. The normalized spacial score (nSPS) is 11.0. The van der Waals surface area contributed by atoms with Gasteiger partial charge in [-0.2, -0.15) is 0 Å². The molecule has 0 aliphatic carbocycles. The molecule has 0 saturated carbocycles. The standard InChI is InChI=1S/C19H19ClN2O3S/c20-13-9-10-16(23)15(12-13)21-18(24)8-2-1-5-11-22-19(25)14-6-3-4-7-17(14)26-22/h3-4,6-7,9-10,12,23H,1-2,5,8,11H2,(H,21,24). The first kappa shape index (κ1) is 18.5. The molecule has 3 rings (SSSR count). The van der Waals surface area contributed by atoms with E-state index in [9.17, 15) is 14.7 Å². The summed E-state index contributed by atoms with van der Waals surface area (Å²) < 4.78 is 2.77. The number of nitrogens with one attached hydrogen (secondary N) is 1. The van der Waals surface area contributed by atoms with Gasteiger partial charge in [-0.15, -0.1) is 0 Å². The molecule has 0 unspecified atom stereocenters. The van der Waals surface area contributed by atoms with Gasteiger partial charge in [0.25, 0.3) is 5.56 Å². The summed E-state index contributed by atoms with van der Waals surface area (Å²) in [5.41, 5.74) is 0.374. The molecule has 1 heterocycles. The van der Waals surface area contributed by atoms with Crippen LogP contribution in [0.25, 0.3) is 10.1 Å². The summed E-state index contributed by atoms with van der Waals surface area (Å²) in [6.07, 6.45) is 2.75. The highest BCUT2D eigenvalue weighted by Gasteiger charge is 2.08. The zero-order valence-corrected chi connectivity index (χ0v) is 15.6. The van der Waals surface area contributed by atoms with Crippen molar-refractivity contribution in [3.05, 3.63) is 57.8 Å². The van der Waals surface area contributed by atoms with Crippen molar-refractivity contribution in [1.82, 2.24) is 3.96 Å². The van der Waals surface area contributed by atoms with Gasteiger partial charge in [0.05, 0.1) is 15.8 Å². The minimum atomic E-state index is -0.165. The third kappa shape index (κ3) is 4.45. The van der Waals surface area contributed by atoms with Gasteiger partial charge in [0, 0.05) is 18.0 Å². The molecule has 0 bridgehead atoms. The summed E-state index contributed by atoms with van der Waals surface area (Å²) in [5, 5.41) is 13.6. The number of benzene rings is 2. The van der Waals surface area contributed by atoms with E-state index in [-0.39, 0.29) is 17.2 Å². The number of hydrogen-bond donors (Lipinski definition) is 2. The summed E-state index contributed by atoms with van der Waals surface area (Å²) in [6.45, 7) is 0.662. The number of halogens is 1. The molecule has 0 aliphatic heterocycles. The van der Waals surface area contributed by atoms with Crippen LogP contribution in [-0.2, 0) is 11.3 Å². The number of phenolic OH excluding ortho intramolecular Hbond substituents is 1. The Labute approximate surface area is 160 Å². The van der Waals surface area contributed by atoms with E-state index in [1.807, 2.05) is 24.3 Å². The molecule has 1 aromatic heterocycles. The molecule has 5 nitrogen and oxygen atoms in total. The molecule has 0 atom stereocenters. The molecular formula is C19H19ClN2O3S. The molecule has 0 aliphatic rings. The van der Waals surface area contributed by atoms with Crippen LogP contribution in [0, 0.1) is 0 Å². The Kier molecular flexibility index (Phi) is 5.96. The van der Waals surface area contributed by atoms with E-state index in [2.05, 4.69) is 5.32 Å². The number of aryl methyl sites for hydroxylation is 1. The number of phenols is 1. The van der Waals surface area contributed by atoms with E-state index >= 15 is 0 Å². The third-order valence-corrected chi connectivity index (χ3v) is 5.41. The lowest BCUT2D eigenvalue weighted by Gasteiger charge is -2.07. The largest absolute Gasteiger partial charge is 0.506 e. The van der Waals surface area contributed by atoms with Gasteiger partial charge in [-0.25, -0.2) is 0 Å². The number of carbonyl (C=O) groups is 1. The van der Waals surface area contributed by atoms with Gasteiger partial charge in [-0.05, 0) is 43.2 Å². The molecule has 3 aromatic rings. The minimum Gasteiger partial charge on any atom is -0.506 e. The number of carbonyl (C=O) groups excluding carboxylic acids is 1. The third-order valence-electron chi connectivity index (χ3n) is 4.05. The van der Waals surface area contributed by atoms with E-state index in [4.69, 9.17) is 11.6 Å². The van der Waals surface area contributed by atoms with Gasteiger partial charge < -0.3 is 10.4 Å². The van der Waals surface area contributed by atoms with E-state index in [1.54, 1.807) is 10.0 Å². The second kappa shape index (κ2) is 8.38. The Balaban J connectivity index is 1.44. The average molecular weight is 391 g/mol. The van der Waals surface area contributed by atoms with Gasteiger partial charge in [0.15, 0.2) is 0 Å². The number of rotatable bonds is 7. The lowest BCUT2D eigenvalue weighted by molar-refractivity contribution is -0.116. The number of unbranched alkanes of at least 4 members (excludes halogenated alkanes) is 2. The monoisotopic (exact) mass is 390 g/mol. The molecule has 0 spiro atoms. The zero-order valence-electron chi connectivity index (χ0n) is 14.1. The molecule has 1 amide bonds. The van der Waals surface area contributed by atoms with E-state index < -0.39 is 0 Å². The summed E-state index contributed by atoms with van der Waals surface area (Å²) in [5.74, 6) is -0.173. The van der Waals surface area contributed by atoms with Crippen molar-refractivity contribution in [2.75, 3.05) is 5.32 Å². The van der Waals surface area contributed by atoms with Crippen LogP contribution in [0.2, 0.25) is 5.02 Å². The predicted molar refractivity (Wildman–Crippen MR) is 106 cm³/mol. The van der Waals surface area contributed by atoms with Gasteiger partial charge in [0.2, 0.25) is 5.91 Å². The van der Waals surface area contributed by atoms with Gasteiger partial charge in [0.1, 0.15) is 5.75 Å². The molecule has 26 heavy (non-hydrogen) atoms. The summed E-state index contributed by atoms with van der Waals surface area (Å²) >= 11 is 7.33. The molecule has 0 radical (unpaired) electrons. The van der Waals surface area contributed by atoms with Crippen molar-refractivity contribution in [3.63, 3.8) is 0 Å². The highest BCUT2D eigenvalue weighted by Crippen LogP contribution is 2.26. The smallest absolute Gasteiger partial charge is 0.268 e. The first-order valence-corrected chi connectivity index (χ1v) is 9.57. The lowest BCUT2D eigenvalue weighted by atomic mass is 10.2. The van der Waals surface area contributed by atoms with Crippen molar-refractivity contribution in [3.8, 4) is 5.75 Å². The maximum Gasteiger partial charge on any atom is 0.268 e. The molecule has 2 N–H and O–H groups in total. The first-order chi connectivity index (χ1) is 12.5. The number of nitrogens with zero attached hydrogens (tertiary/aromatic N) is 1. The highest BCUT2D eigenvalue weighted by atomic mass is 35.5. The molecule has 2 aromatic carbocycles. The van der Waals surface area contributed by atoms with Crippen molar-refractivity contribution < 1.29 is 9.90 Å². The number of anilines is 1. The van der Waals surface area contributed by atoms with Crippen LogP contribution >= 0.6 is 23.1 Å². The zero-order chi connectivity index (χ0) is 18.5. The van der Waals surface area contributed by atoms with Gasteiger partial charge in [-0.1, -0.05) is 41.7 Å². The Morgan fingerprint density at radius 2 is 1.96 bits per heavy atom. The topological polar surface area (TPSA) is 71.3 Å². The fraction of sp³-hybridized carbons (Fsp3) is 0.263. The van der Waals surface area contributed by atoms with E-state index in [0.29, 0.717) is 30.1 Å². The number of hydrogen-bond acceptors (Lipinski definition) is 4. The van der Waals surface area contributed by atoms with Crippen LogP contribution in [0.5, 0.6) is 5.75 Å². The fourth-order valence-corrected chi connectivity index (χ4v) is 3.91. The lowest BCUT2D eigenvalue weighted by Crippen LogP contribution is -2.13. The van der Waals surface area contributed by atoms with Crippen LogP contribution < -0.4 is 10.9 Å². The van der Waals surface area contributed by atoms with Gasteiger partial charge in [-0.3, -0.25) is 13.5 Å². The number of amides is 1. The van der Waals surface area contributed by atoms with Crippen LogP contribution in [0.1, 0.15) is 25.7 Å². The van der Waals surface area contributed by atoms with Crippen molar-refractivity contribution >= 4 is 44.8 Å².